The van der Waals surface area contributed by atoms with E-state index in [0.717, 1.165) is 60.1 Å². The summed E-state index contributed by atoms with van der Waals surface area (Å²) in [5.41, 5.74) is 5.16. The minimum atomic E-state index is 0.779. The number of nitrogens with zero attached hydrogens (tertiary/aromatic N) is 4. The minimum Gasteiger partial charge on any atom is -0.370 e. The van der Waals surface area contributed by atoms with Gasteiger partial charge in [-0.3, -0.25) is 4.98 Å². The molecule has 1 N–H and O–H groups in total. The van der Waals surface area contributed by atoms with E-state index < -0.39 is 0 Å². The van der Waals surface area contributed by atoms with Crippen LogP contribution in [0.25, 0.3) is 17.0 Å². The molecule has 2 aromatic heterocycles. The van der Waals surface area contributed by atoms with E-state index in [0.29, 0.717) is 0 Å². The first-order valence-electron chi connectivity index (χ1n) is 9.66. The van der Waals surface area contributed by atoms with Gasteiger partial charge in [-0.05, 0) is 25.5 Å². The fraction of sp³-hybridized carbons (Fsp3) is 0.261. The first-order valence-corrected chi connectivity index (χ1v) is 9.66. The van der Waals surface area contributed by atoms with E-state index in [4.69, 9.17) is 0 Å². The van der Waals surface area contributed by atoms with Crippen LogP contribution in [0.1, 0.15) is 24.6 Å². The molecule has 0 saturated heterocycles. The fourth-order valence-electron chi connectivity index (χ4n) is 3.17. The molecule has 1 aromatic carbocycles. The van der Waals surface area contributed by atoms with Gasteiger partial charge in [0.2, 0.25) is 0 Å². The van der Waals surface area contributed by atoms with Gasteiger partial charge in [0, 0.05) is 54.4 Å². The molecule has 28 heavy (non-hydrogen) atoms. The van der Waals surface area contributed by atoms with Crippen molar-refractivity contribution in [3.05, 3.63) is 78.9 Å². The smallest absolute Gasteiger partial charge is 0.129 e. The van der Waals surface area contributed by atoms with Crippen molar-refractivity contribution in [1.82, 2.24) is 19.9 Å². The maximum atomic E-state index is 4.52. The van der Waals surface area contributed by atoms with Gasteiger partial charge in [-0.2, -0.15) is 0 Å². The Labute approximate surface area is 167 Å². The topological polar surface area (TPSA) is 53.9 Å². The highest BCUT2D eigenvalue weighted by molar-refractivity contribution is 5.78. The van der Waals surface area contributed by atoms with Crippen molar-refractivity contribution in [2.75, 3.05) is 25.0 Å². The van der Waals surface area contributed by atoms with Gasteiger partial charge in [0.05, 0.1) is 5.69 Å². The molecule has 5 heteroatoms. The molecule has 0 bridgehead atoms. The lowest BCUT2D eigenvalue weighted by molar-refractivity contribution is 0.411. The van der Waals surface area contributed by atoms with Crippen LogP contribution in [-0.2, 0) is 0 Å². The van der Waals surface area contributed by atoms with Gasteiger partial charge in [-0.25, -0.2) is 9.97 Å². The zero-order chi connectivity index (χ0) is 19.8. The average molecular weight is 374 g/mol. The number of pyridine rings is 1. The normalized spacial score (nSPS) is 10.5. The van der Waals surface area contributed by atoms with Crippen LogP contribution in [0.15, 0.2) is 67.6 Å². The molecule has 0 radical (unpaired) electrons. The molecule has 144 valence electrons. The van der Waals surface area contributed by atoms with Crippen LogP contribution >= 0.6 is 0 Å². The van der Waals surface area contributed by atoms with E-state index in [1.165, 1.54) is 0 Å². The summed E-state index contributed by atoms with van der Waals surface area (Å²) in [5.74, 6) is 0.850. The molecule has 0 unspecified atom stereocenters. The highest BCUT2D eigenvalue weighted by Gasteiger charge is 2.14. The van der Waals surface area contributed by atoms with Crippen molar-refractivity contribution in [3.63, 3.8) is 0 Å². The fourth-order valence-corrected chi connectivity index (χ4v) is 3.17. The Balaban J connectivity index is 1.74. The van der Waals surface area contributed by atoms with Gasteiger partial charge in [0.25, 0.3) is 0 Å². The van der Waals surface area contributed by atoms with Crippen LogP contribution in [0.3, 0.4) is 0 Å². The van der Waals surface area contributed by atoms with Gasteiger partial charge >= 0.3 is 0 Å². The standard InChI is InChI=1S/C23H27N5/c1-4-14-28(15-13-25-23-16-18(2)26-17-27-23)19(3)20-9-5-6-10-21(20)22-11-7-8-12-24-22/h5-12,16-17H,3-4,13-15H2,1-2H3,(H,25,26,27). The van der Waals surface area contributed by atoms with Gasteiger partial charge in [0.15, 0.2) is 0 Å². The third-order valence-electron chi connectivity index (χ3n) is 4.55. The van der Waals surface area contributed by atoms with Gasteiger partial charge < -0.3 is 10.2 Å². The maximum absolute atomic E-state index is 4.52. The monoisotopic (exact) mass is 373 g/mol. The molecular formula is C23H27N5. The molecule has 3 rings (SSSR count). The SMILES string of the molecule is C=C(c1ccccc1-c1ccccn1)N(CCC)CCNc1cc(C)ncn1. The Morgan fingerprint density at radius 3 is 2.61 bits per heavy atom. The molecule has 0 amide bonds. The number of rotatable bonds is 9. The summed E-state index contributed by atoms with van der Waals surface area (Å²) in [6, 6.07) is 16.3. The van der Waals surface area contributed by atoms with E-state index in [1.807, 2.05) is 43.5 Å². The number of benzene rings is 1. The summed E-state index contributed by atoms with van der Waals surface area (Å²) >= 11 is 0. The average Bonchev–Trinajstić information content (AvgIpc) is 2.73. The number of aryl methyl sites for hydroxylation is 1. The van der Waals surface area contributed by atoms with Crippen molar-refractivity contribution in [2.24, 2.45) is 0 Å². The maximum Gasteiger partial charge on any atom is 0.129 e. The van der Waals surface area contributed by atoms with Gasteiger partial charge in [-0.15, -0.1) is 0 Å². The van der Waals surface area contributed by atoms with E-state index in [9.17, 15) is 0 Å². The molecule has 2 heterocycles. The molecule has 5 nitrogen and oxygen atoms in total. The lowest BCUT2D eigenvalue weighted by Crippen LogP contribution is -2.28. The number of anilines is 1. The van der Waals surface area contributed by atoms with E-state index in [1.54, 1.807) is 6.33 Å². The third-order valence-corrected chi connectivity index (χ3v) is 4.55. The Morgan fingerprint density at radius 2 is 1.86 bits per heavy atom. The molecule has 0 fully saturated rings. The van der Waals surface area contributed by atoms with Crippen molar-refractivity contribution >= 4 is 11.5 Å². The molecular weight excluding hydrogens is 346 g/mol. The summed E-state index contributed by atoms with van der Waals surface area (Å²) in [6.07, 6.45) is 4.47. The molecule has 0 atom stereocenters. The van der Waals surface area contributed by atoms with E-state index in [-0.39, 0.29) is 0 Å². The summed E-state index contributed by atoms with van der Waals surface area (Å²) in [7, 11) is 0. The molecule has 0 aliphatic heterocycles. The zero-order valence-electron chi connectivity index (χ0n) is 16.6. The van der Waals surface area contributed by atoms with Crippen LogP contribution < -0.4 is 5.32 Å². The van der Waals surface area contributed by atoms with Gasteiger partial charge in [0.1, 0.15) is 12.1 Å². The number of hydrogen-bond acceptors (Lipinski definition) is 5. The summed E-state index contributed by atoms with van der Waals surface area (Å²) < 4.78 is 0. The summed E-state index contributed by atoms with van der Waals surface area (Å²) in [6.45, 7) is 11.1. The molecule has 0 spiro atoms. The Bertz CT molecular complexity index is 908. The lowest BCUT2D eigenvalue weighted by atomic mass is 10.0. The van der Waals surface area contributed by atoms with E-state index in [2.05, 4.69) is 56.9 Å². The predicted molar refractivity (Wildman–Crippen MR) is 116 cm³/mol. The second-order valence-corrected chi connectivity index (χ2v) is 6.67. The molecule has 0 saturated carbocycles. The quantitative estimate of drug-likeness (QED) is 0.592. The van der Waals surface area contributed by atoms with Crippen molar-refractivity contribution < 1.29 is 0 Å². The minimum absolute atomic E-state index is 0.779. The lowest BCUT2D eigenvalue weighted by Gasteiger charge is -2.28. The largest absolute Gasteiger partial charge is 0.370 e. The van der Waals surface area contributed by atoms with Crippen LogP contribution in [0.5, 0.6) is 0 Å². The molecule has 0 aliphatic carbocycles. The van der Waals surface area contributed by atoms with E-state index >= 15 is 0 Å². The van der Waals surface area contributed by atoms with Crippen LogP contribution in [-0.4, -0.2) is 39.5 Å². The predicted octanol–water partition coefficient (Wildman–Crippen LogP) is 4.64. The molecule has 0 aliphatic rings. The first-order chi connectivity index (χ1) is 13.7. The van der Waals surface area contributed by atoms with Crippen molar-refractivity contribution in [1.29, 1.82) is 0 Å². The number of hydrogen-bond donors (Lipinski definition) is 1. The van der Waals surface area contributed by atoms with Gasteiger partial charge in [-0.1, -0.05) is 43.8 Å². The van der Waals surface area contributed by atoms with Crippen LogP contribution in [0.2, 0.25) is 0 Å². The summed E-state index contributed by atoms with van der Waals surface area (Å²) in [5, 5.41) is 3.38. The summed E-state index contributed by atoms with van der Waals surface area (Å²) in [4.78, 5) is 15.2. The Kier molecular flexibility index (Phi) is 6.73. The van der Waals surface area contributed by atoms with Crippen LogP contribution in [0.4, 0.5) is 5.82 Å². The third kappa shape index (κ3) is 4.94. The zero-order valence-corrected chi connectivity index (χ0v) is 16.6. The van der Waals surface area contributed by atoms with Crippen molar-refractivity contribution in [3.8, 4) is 11.3 Å². The second-order valence-electron chi connectivity index (χ2n) is 6.67. The van der Waals surface area contributed by atoms with Crippen LogP contribution in [0, 0.1) is 6.92 Å². The van der Waals surface area contributed by atoms with Crippen molar-refractivity contribution in [2.45, 2.75) is 20.3 Å². The number of nitrogens with one attached hydrogen (secondary N) is 1. The Hall–Kier alpha value is -3.21. The number of aromatic nitrogens is 3. The highest BCUT2D eigenvalue weighted by Crippen LogP contribution is 2.28. The first kappa shape index (κ1) is 19.5. The Morgan fingerprint density at radius 1 is 1.04 bits per heavy atom. The second kappa shape index (κ2) is 9.65. The molecule has 3 aromatic rings. The highest BCUT2D eigenvalue weighted by atomic mass is 15.2.